The molecule has 4 nitrogen and oxygen atoms in total. The minimum Gasteiger partial charge on any atom is -0.489 e. The fraction of sp³-hybridized carbons (Fsp3) is 0.375. The molecule has 0 radical (unpaired) electrons. The minimum absolute atomic E-state index is 0.195. The van der Waals surface area contributed by atoms with Crippen LogP contribution in [0.1, 0.15) is 38.3 Å². The van der Waals surface area contributed by atoms with Gasteiger partial charge in [-0.1, -0.05) is 106 Å². The third kappa shape index (κ3) is 9.62. The van der Waals surface area contributed by atoms with Crippen molar-refractivity contribution in [1.29, 1.82) is 0 Å². The summed E-state index contributed by atoms with van der Waals surface area (Å²) in [4.78, 5) is 2.29. The molecule has 0 saturated carbocycles. The van der Waals surface area contributed by atoms with E-state index in [0.717, 1.165) is 35.2 Å². The Morgan fingerprint density at radius 3 is 2.06 bits per heavy atom. The summed E-state index contributed by atoms with van der Waals surface area (Å²) in [5, 5.41) is 0. The summed E-state index contributed by atoms with van der Waals surface area (Å²) >= 11 is 0. The molecule has 36 heavy (non-hydrogen) atoms. The average Bonchev–Trinajstić information content (AvgIpc) is 2.90. The van der Waals surface area contributed by atoms with E-state index in [2.05, 4.69) is 75.7 Å². The monoisotopic (exact) mass is 489 g/mol. The lowest BCUT2D eigenvalue weighted by molar-refractivity contribution is -0.123. The van der Waals surface area contributed by atoms with Crippen molar-refractivity contribution in [2.45, 2.75) is 46.1 Å². The number of nitrogens with zero attached hydrogens (tertiary/aromatic N) is 1. The van der Waals surface area contributed by atoms with E-state index >= 15 is 0 Å². The Balaban J connectivity index is 2.37. The zero-order valence-electron chi connectivity index (χ0n) is 22.5. The number of hydrogen-bond donors (Lipinski definition) is 0. The molecule has 0 N–H and O–H groups in total. The van der Waals surface area contributed by atoms with Gasteiger partial charge in [0.1, 0.15) is 18.1 Å². The van der Waals surface area contributed by atoms with Crippen LogP contribution >= 0.6 is 0 Å². The standard InChI is InChI=1S/C32H43NO3/c1-8-27(4)19-20-33(21-22-34-7)32(6,36-25-30-17-13-10-14-18-30)23-31(26(2)3)28(5)35-24-29-15-11-9-12-16-29/h8-18,23,26H,1,4-5,19-22,24-25H2,2-3,6-7H3/b31-23-. The summed E-state index contributed by atoms with van der Waals surface area (Å²) in [6.45, 7) is 21.6. The third-order valence-electron chi connectivity index (χ3n) is 6.18. The number of hydrogen-bond acceptors (Lipinski definition) is 4. The number of benzene rings is 2. The topological polar surface area (TPSA) is 30.9 Å². The van der Waals surface area contributed by atoms with Crippen LogP contribution in [-0.2, 0) is 27.4 Å². The highest BCUT2D eigenvalue weighted by Gasteiger charge is 2.32. The summed E-state index contributed by atoms with van der Waals surface area (Å²) in [6, 6.07) is 20.4. The fourth-order valence-corrected chi connectivity index (χ4v) is 3.85. The van der Waals surface area contributed by atoms with Gasteiger partial charge in [0.15, 0.2) is 0 Å². The lowest BCUT2D eigenvalue weighted by Crippen LogP contribution is -2.49. The summed E-state index contributed by atoms with van der Waals surface area (Å²) in [5.41, 5.74) is 3.51. The van der Waals surface area contributed by atoms with Gasteiger partial charge in [0, 0.05) is 20.2 Å². The quantitative estimate of drug-likeness (QED) is 0.132. The molecule has 4 heteroatoms. The van der Waals surface area contributed by atoms with E-state index < -0.39 is 5.72 Å². The zero-order chi connectivity index (χ0) is 26.4. The van der Waals surface area contributed by atoms with Crippen LogP contribution in [-0.4, -0.2) is 37.4 Å². The lowest BCUT2D eigenvalue weighted by Gasteiger charge is -2.40. The van der Waals surface area contributed by atoms with Gasteiger partial charge in [0.05, 0.1) is 13.2 Å². The van der Waals surface area contributed by atoms with Crippen molar-refractivity contribution in [1.82, 2.24) is 4.90 Å². The summed E-state index contributed by atoms with van der Waals surface area (Å²) in [6.07, 6.45) is 4.76. The maximum atomic E-state index is 6.68. The van der Waals surface area contributed by atoms with E-state index in [1.54, 1.807) is 7.11 Å². The van der Waals surface area contributed by atoms with Gasteiger partial charge in [0.2, 0.25) is 0 Å². The molecule has 194 valence electrons. The Kier molecular flexibility index (Phi) is 12.4. The molecular weight excluding hydrogens is 446 g/mol. The fourth-order valence-electron chi connectivity index (χ4n) is 3.85. The Labute approximate surface area is 218 Å². The molecule has 2 aromatic carbocycles. The molecule has 0 aliphatic rings. The first kappa shape index (κ1) is 29.3. The normalized spacial score (nSPS) is 13.4. The predicted octanol–water partition coefficient (Wildman–Crippen LogP) is 7.31. The van der Waals surface area contributed by atoms with Crippen molar-refractivity contribution in [3.63, 3.8) is 0 Å². The molecule has 0 spiro atoms. The Morgan fingerprint density at radius 1 is 0.944 bits per heavy atom. The van der Waals surface area contributed by atoms with Gasteiger partial charge in [-0.15, -0.1) is 0 Å². The highest BCUT2D eigenvalue weighted by Crippen LogP contribution is 2.29. The first-order valence-corrected chi connectivity index (χ1v) is 12.6. The number of rotatable bonds is 17. The third-order valence-corrected chi connectivity index (χ3v) is 6.18. The van der Waals surface area contributed by atoms with Crippen molar-refractivity contribution in [3.8, 4) is 0 Å². The second-order valence-electron chi connectivity index (χ2n) is 9.37. The number of allylic oxidation sites excluding steroid dienone is 2. The molecule has 0 saturated heterocycles. The smallest absolute Gasteiger partial charge is 0.139 e. The van der Waals surface area contributed by atoms with Crippen LogP contribution in [0.25, 0.3) is 0 Å². The van der Waals surface area contributed by atoms with E-state index in [0.29, 0.717) is 32.1 Å². The Morgan fingerprint density at radius 2 is 1.53 bits per heavy atom. The summed E-state index contributed by atoms with van der Waals surface area (Å²) in [7, 11) is 1.72. The van der Waals surface area contributed by atoms with Gasteiger partial charge >= 0.3 is 0 Å². The highest BCUT2D eigenvalue weighted by atomic mass is 16.5. The van der Waals surface area contributed by atoms with Crippen molar-refractivity contribution in [2.75, 3.05) is 26.8 Å². The van der Waals surface area contributed by atoms with E-state index in [1.165, 1.54) is 0 Å². The molecule has 0 fully saturated rings. The molecule has 1 unspecified atom stereocenters. The zero-order valence-corrected chi connectivity index (χ0v) is 22.5. The van der Waals surface area contributed by atoms with E-state index in [4.69, 9.17) is 14.2 Å². The molecule has 0 amide bonds. The molecule has 2 aromatic rings. The second kappa shape index (κ2) is 15.2. The first-order chi connectivity index (χ1) is 17.3. The van der Waals surface area contributed by atoms with Gasteiger partial charge in [-0.25, -0.2) is 0 Å². The molecule has 0 aliphatic carbocycles. The van der Waals surface area contributed by atoms with Crippen LogP contribution in [0.5, 0.6) is 0 Å². The molecule has 0 heterocycles. The van der Waals surface area contributed by atoms with Gasteiger partial charge < -0.3 is 14.2 Å². The molecule has 2 rings (SSSR count). The Bertz CT molecular complexity index is 981. The molecule has 0 aliphatic heterocycles. The Hall–Kier alpha value is -2.92. The molecule has 0 bridgehead atoms. The van der Waals surface area contributed by atoms with Gasteiger partial charge in [-0.3, -0.25) is 4.90 Å². The largest absolute Gasteiger partial charge is 0.489 e. The maximum Gasteiger partial charge on any atom is 0.139 e. The van der Waals surface area contributed by atoms with Crippen LogP contribution in [0, 0.1) is 5.92 Å². The van der Waals surface area contributed by atoms with Crippen LogP contribution in [0.2, 0.25) is 0 Å². The SMILES string of the molecule is C=CC(=C)CCN(CCOC)C(C)(/C=C(\C(=C)OCc1ccccc1)C(C)C)OCc1ccccc1. The van der Waals surface area contributed by atoms with Crippen molar-refractivity contribution < 1.29 is 14.2 Å². The maximum absolute atomic E-state index is 6.68. The molecule has 1 atom stereocenters. The van der Waals surface area contributed by atoms with Crippen molar-refractivity contribution in [2.24, 2.45) is 5.92 Å². The number of ether oxygens (including phenoxy) is 3. The molecule has 0 aromatic heterocycles. The number of methoxy groups -OCH3 is 1. The van der Waals surface area contributed by atoms with Crippen molar-refractivity contribution >= 4 is 0 Å². The van der Waals surface area contributed by atoms with Gasteiger partial charge in [-0.05, 0) is 42.0 Å². The van der Waals surface area contributed by atoms with Gasteiger partial charge in [-0.2, -0.15) is 0 Å². The van der Waals surface area contributed by atoms with Crippen LogP contribution in [0.3, 0.4) is 0 Å². The minimum atomic E-state index is -0.728. The molecular formula is C32H43NO3. The van der Waals surface area contributed by atoms with Crippen molar-refractivity contribution in [3.05, 3.63) is 121 Å². The van der Waals surface area contributed by atoms with E-state index in [9.17, 15) is 0 Å². The van der Waals surface area contributed by atoms with E-state index in [-0.39, 0.29) is 5.92 Å². The van der Waals surface area contributed by atoms with Crippen LogP contribution in [0.4, 0.5) is 0 Å². The second-order valence-corrected chi connectivity index (χ2v) is 9.37. The average molecular weight is 490 g/mol. The van der Waals surface area contributed by atoms with E-state index in [1.807, 2.05) is 42.5 Å². The van der Waals surface area contributed by atoms with Gasteiger partial charge in [0.25, 0.3) is 0 Å². The van der Waals surface area contributed by atoms with Crippen LogP contribution in [0.15, 0.2) is 109 Å². The highest BCUT2D eigenvalue weighted by molar-refractivity contribution is 5.29. The summed E-state index contributed by atoms with van der Waals surface area (Å²) < 4.78 is 18.3. The predicted molar refractivity (Wildman–Crippen MR) is 150 cm³/mol. The summed E-state index contributed by atoms with van der Waals surface area (Å²) in [5.74, 6) is 0.853. The first-order valence-electron chi connectivity index (χ1n) is 12.6. The lowest BCUT2D eigenvalue weighted by atomic mass is 9.97. The van der Waals surface area contributed by atoms with Crippen LogP contribution < -0.4 is 0 Å².